The number of fused-ring (bicyclic) bond motifs is 1. The molecule has 0 unspecified atom stereocenters. The molecule has 0 saturated heterocycles. The zero-order valence-corrected chi connectivity index (χ0v) is 18.7. The van der Waals surface area contributed by atoms with Crippen LogP contribution in [0.4, 0.5) is 20.8 Å². The van der Waals surface area contributed by atoms with Gasteiger partial charge in [-0.25, -0.2) is 9.37 Å². The molecule has 0 atom stereocenters. The molecule has 2 amide bonds. The Bertz CT molecular complexity index is 1120. The second-order valence-electron chi connectivity index (χ2n) is 8.63. The van der Waals surface area contributed by atoms with E-state index >= 15 is 0 Å². The lowest BCUT2D eigenvalue weighted by Gasteiger charge is -2.34. The largest absolute Gasteiger partial charge is 0.669 e. The SMILES string of the molecule is C[N-]c1ncc2cc(-c3cc([N-]C(=O)[N-]CCC(C)(C)C)c(F)cc3C)c(C)nc2n1. The van der Waals surface area contributed by atoms with E-state index in [0.29, 0.717) is 23.7 Å². The lowest BCUT2D eigenvalue weighted by Crippen LogP contribution is -2.08. The maximum absolute atomic E-state index is 14.5. The smallest absolute Gasteiger partial charge is 0.108 e. The number of aromatic nitrogens is 3. The summed E-state index contributed by atoms with van der Waals surface area (Å²) in [7, 11) is 1.62. The highest BCUT2D eigenvalue weighted by molar-refractivity contribution is 6.04. The van der Waals surface area contributed by atoms with Crippen molar-refractivity contribution in [2.75, 3.05) is 13.6 Å². The second kappa shape index (κ2) is 8.83. The number of halogens is 1. The van der Waals surface area contributed by atoms with Crippen molar-refractivity contribution >= 4 is 28.7 Å². The Labute approximate surface area is 181 Å². The van der Waals surface area contributed by atoms with E-state index in [0.717, 1.165) is 28.6 Å². The first kappa shape index (κ1) is 22.4. The van der Waals surface area contributed by atoms with Crippen LogP contribution in [0.1, 0.15) is 38.4 Å². The molecule has 31 heavy (non-hydrogen) atoms. The molecule has 8 heteroatoms. The van der Waals surface area contributed by atoms with Gasteiger partial charge in [-0.05, 0) is 61.8 Å². The average molecular weight is 422 g/mol. The van der Waals surface area contributed by atoms with E-state index in [1.54, 1.807) is 26.2 Å². The van der Waals surface area contributed by atoms with Crippen molar-refractivity contribution in [3.8, 4) is 11.1 Å². The first-order valence-electron chi connectivity index (χ1n) is 10.1. The third kappa shape index (κ3) is 5.45. The molecule has 0 aliphatic rings. The van der Waals surface area contributed by atoms with Crippen LogP contribution in [0.2, 0.25) is 0 Å². The fraction of sp³-hybridized carbons (Fsp3) is 0.391. The highest BCUT2D eigenvalue weighted by atomic mass is 19.1. The minimum Gasteiger partial charge on any atom is -0.669 e. The number of carbonyl (C=O) groups is 1. The van der Waals surface area contributed by atoms with Crippen molar-refractivity contribution in [3.05, 3.63) is 57.4 Å². The van der Waals surface area contributed by atoms with Crippen LogP contribution in [0.15, 0.2) is 24.4 Å². The first-order valence-corrected chi connectivity index (χ1v) is 10.1. The molecule has 7 nitrogen and oxygen atoms in total. The topological polar surface area (TPSA) is 98.0 Å². The van der Waals surface area contributed by atoms with Crippen LogP contribution in [-0.2, 0) is 0 Å². The number of benzene rings is 1. The van der Waals surface area contributed by atoms with Gasteiger partial charge in [0.05, 0.1) is 5.65 Å². The van der Waals surface area contributed by atoms with E-state index < -0.39 is 11.8 Å². The third-order valence-electron chi connectivity index (χ3n) is 4.86. The van der Waals surface area contributed by atoms with Crippen molar-refractivity contribution in [1.82, 2.24) is 15.0 Å². The number of rotatable bonds is 5. The summed E-state index contributed by atoms with van der Waals surface area (Å²) in [5, 5.41) is 12.5. The predicted molar refractivity (Wildman–Crippen MR) is 122 cm³/mol. The van der Waals surface area contributed by atoms with Crippen LogP contribution in [0.5, 0.6) is 0 Å². The molecular weight excluding hydrogens is 395 g/mol. The molecular formula is C23H26FN6O-3. The first-order chi connectivity index (χ1) is 14.6. The molecule has 0 aliphatic heterocycles. The lowest BCUT2D eigenvalue weighted by molar-refractivity contribution is 0.263. The minimum atomic E-state index is -0.685. The van der Waals surface area contributed by atoms with E-state index in [9.17, 15) is 9.18 Å². The lowest BCUT2D eigenvalue weighted by atomic mass is 9.92. The summed E-state index contributed by atoms with van der Waals surface area (Å²) in [6.45, 7) is 10.2. The Morgan fingerprint density at radius 1 is 1.10 bits per heavy atom. The molecule has 0 fully saturated rings. The molecule has 3 aromatic rings. The summed E-state index contributed by atoms with van der Waals surface area (Å²) in [5.74, 6) is -0.204. The number of nitrogens with zero attached hydrogens (tertiary/aromatic N) is 6. The number of pyridine rings is 1. The number of amides is 2. The minimum absolute atomic E-state index is 0.0408. The van der Waals surface area contributed by atoms with Gasteiger partial charge in [-0.2, -0.15) is 0 Å². The molecule has 2 heterocycles. The summed E-state index contributed by atoms with van der Waals surface area (Å²) in [6.07, 6.45) is 2.40. The molecule has 164 valence electrons. The number of hydrogen-bond donors (Lipinski definition) is 0. The van der Waals surface area contributed by atoms with Crippen LogP contribution in [0, 0.1) is 25.1 Å². The van der Waals surface area contributed by atoms with Crippen LogP contribution < -0.4 is 0 Å². The van der Waals surface area contributed by atoms with Crippen LogP contribution in [-0.4, -0.2) is 34.6 Å². The highest BCUT2D eigenvalue weighted by Gasteiger charge is 2.10. The van der Waals surface area contributed by atoms with E-state index in [2.05, 4.69) is 51.7 Å². The molecule has 0 bridgehead atoms. The third-order valence-corrected chi connectivity index (χ3v) is 4.86. The van der Waals surface area contributed by atoms with Crippen molar-refractivity contribution in [3.63, 3.8) is 0 Å². The number of aryl methyl sites for hydroxylation is 2. The molecule has 0 radical (unpaired) electrons. The predicted octanol–water partition coefficient (Wildman–Crippen LogP) is 7.02. The van der Waals surface area contributed by atoms with Gasteiger partial charge in [-0.3, -0.25) is 0 Å². The van der Waals surface area contributed by atoms with E-state index in [4.69, 9.17) is 0 Å². The molecule has 2 aromatic heterocycles. The van der Waals surface area contributed by atoms with Gasteiger partial charge >= 0.3 is 0 Å². The fourth-order valence-corrected chi connectivity index (χ4v) is 3.09. The maximum atomic E-state index is 14.5. The Hall–Kier alpha value is -3.29. The van der Waals surface area contributed by atoms with E-state index in [-0.39, 0.29) is 11.1 Å². The number of hydrogen-bond acceptors (Lipinski definition) is 4. The standard InChI is InChI=1S/C23H27FN6O/c1-13-9-18(24)19(29-22(31)26-8-7-23(3,4)5)11-16(13)17-10-15-12-27-21(25-6)30-20(15)28-14(17)2/h9-12H,7-8H2,1-6H3,(H-2,25,26,27,28,29,30,31)/q-2/p-1. The van der Waals surface area contributed by atoms with Gasteiger partial charge in [0.25, 0.3) is 0 Å². The molecule has 3 rings (SSSR count). The fourth-order valence-electron chi connectivity index (χ4n) is 3.09. The van der Waals surface area contributed by atoms with Crippen LogP contribution in [0.3, 0.4) is 0 Å². The zero-order valence-electron chi connectivity index (χ0n) is 18.7. The second-order valence-corrected chi connectivity index (χ2v) is 8.63. The van der Waals surface area contributed by atoms with Crippen molar-refractivity contribution in [1.29, 1.82) is 0 Å². The molecule has 0 N–H and O–H groups in total. The Morgan fingerprint density at radius 3 is 2.52 bits per heavy atom. The van der Waals surface area contributed by atoms with Gasteiger partial charge < -0.3 is 30.7 Å². The van der Waals surface area contributed by atoms with Gasteiger partial charge in [0.1, 0.15) is 5.82 Å². The van der Waals surface area contributed by atoms with Gasteiger partial charge in [-0.15, -0.1) is 6.54 Å². The molecule has 0 aliphatic carbocycles. The highest BCUT2D eigenvalue weighted by Crippen LogP contribution is 2.35. The monoisotopic (exact) mass is 421 g/mol. The van der Waals surface area contributed by atoms with Crippen molar-refractivity contribution < 1.29 is 9.18 Å². The summed E-state index contributed by atoms with van der Waals surface area (Å²) in [5.41, 5.74) is 3.51. The van der Waals surface area contributed by atoms with Crippen molar-refractivity contribution in [2.45, 2.75) is 41.0 Å². The summed E-state index contributed by atoms with van der Waals surface area (Å²) in [6, 6.07) is 4.15. The molecule has 0 spiro atoms. The summed E-state index contributed by atoms with van der Waals surface area (Å²) >= 11 is 0. The molecule has 1 aromatic carbocycles. The molecule has 0 saturated carbocycles. The van der Waals surface area contributed by atoms with Gasteiger partial charge in [0, 0.05) is 22.6 Å². The summed E-state index contributed by atoms with van der Waals surface area (Å²) < 4.78 is 14.5. The average Bonchev–Trinajstić information content (AvgIpc) is 2.68. The quantitative estimate of drug-likeness (QED) is 0.442. The summed E-state index contributed by atoms with van der Waals surface area (Å²) in [4.78, 5) is 25.2. The van der Waals surface area contributed by atoms with E-state index in [1.165, 1.54) is 6.07 Å². The van der Waals surface area contributed by atoms with Crippen LogP contribution >= 0.6 is 0 Å². The normalized spacial score (nSPS) is 11.5. The van der Waals surface area contributed by atoms with Crippen LogP contribution in [0.25, 0.3) is 38.1 Å². The Morgan fingerprint density at radius 2 is 1.84 bits per heavy atom. The van der Waals surface area contributed by atoms with Gasteiger partial charge in [0.15, 0.2) is 0 Å². The number of urea groups is 1. The van der Waals surface area contributed by atoms with Gasteiger partial charge in [0.2, 0.25) is 0 Å². The Kier molecular flexibility index (Phi) is 6.38. The van der Waals surface area contributed by atoms with Crippen molar-refractivity contribution in [2.24, 2.45) is 5.41 Å². The number of carbonyl (C=O) groups excluding carboxylic acids is 1. The zero-order chi connectivity index (χ0) is 22.8. The Balaban J connectivity index is 1.90. The van der Waals surface area contributed by atoms with E-state index in [1.807, 2.05) is 13.0 Å². The maximum Gasteiger partial charge on any atom is 0.108 e. The van der Waals surface area contributed by atoms with Gasteiger partial charge in [-0.1, -0.05) is 38.9 Å².